The third kappa shape index (κ3) is 5.91. The van der Waals surface area contributed by atoms with E-state index in [1.165, 1.54) is 11.9 Å². The van der Waals surface area contributed by atoms with Crippen LogP contribution in [-0.2, 0) is 16.1 Å². The van der Waals surface area contributed by atoms with Crippen LogP contribution in [0.15, 0.2) is 77.3 Å². The third-order valence-corrected chi connectivity index (χ3v) is 7.64. The van der Waals surface area contributed by atoms with E-state index in [2.05, 4.69) is 27.1 Å². The number of nitrogens with one attached hydrogen (secondary N) is 1. The molecule has 8 nitrogen and oxygen atoms in total. The summed E-state index contributed by atoms with van der Waals surface area (Å²) in [6.45, 7) is 6.89. The fraction of sp³-hybridized carbons (Fsp3) is 0.276. The number of nitrogens with zero attached hydrogens (tertiary/aromatic N) is 4. The minimum atomic E-state index is -0.514. The number of carbonyl (C=O) groups is 2. The van der Waals surface area contributed by atoms with Crippen LogP contribution in [0.25, 0.3) is 5.76 Å². The van der Waals surface area contributed by atoms with Crippen molar-refractivity contribution < 1.29 is 14.3 Å². The zero-order chi connectivity index (χ0) is 26.6. The molecule has 3 aromatic rings. The zero-order valence-electron chi connectivity index (χ0n) is 21.8. The van der Waals surface area contributed by atoms with Gasteiger partial charge in [-0.15, -0.1) is 0 Å². The van der Waals surface area contributed by atoms with E-state index < -0.39 is 11.9 Å². The highest BCUT2D eigenvalue weighted by Crippen LogP contribution is 2.41. The van der Waals surface area contributed by atoms with Gasteiger partial charge in [-0.1, -0.05) is 30.3 Å². The number of rotatable bonds is 6. The second-order valence-corrected chi connectivity index (χ2v) is 10.7. The van der Waals surface area contributed by atoms with Crippen LogP contribution in [0.2, 0.25) is 0 Å². The number of anilines is 1. The highest BCUT2D eigenvalue weighted by molar-refractivity contribution is 7.97. The van der Waals surface area contributed by atoms with E-state index in [0.717, 1.165) is 48.9 Å². The molecule has 1 amide bonds. The summed E-state index contributed by atoms with van der Waals surface area (Å²) >= 11 is 1.40. The summed E-state index contributed by atoms with van der Waals surface area (Å²) in [5.74, 6) is -0.266. The van der Waals surface area contributed by atoms with Crippen molar-refractivity contribution in [2.24, 2.45) is 0 Å². The number of aryl methyl sites for hydroxylation is 1. The molecule has 1 aromatic heterocycles. The monoisotopic (exact) mass is 529 g/mol. The van der Waals surface area contributed by atoms with E-state index in [1.54, 1.807) is 29.6 Å². The molecule has 2 aliphatic rings. The number of benzene rings is 2. The Labute approximate surface area is 227 Å². The number of esters is 1. The molecular weight excluding hydrogens is 498 g/mol. The lowest BCUT2D eigenvalue weighted by atomic mass is 10.1. The molecule has 1 saturated heterocycles. The van der Waals surface area contributed by atoms with Crippen molar-refractivity contribution in [3.63, 3.8) is 0 Å². The summed E-state index contributed by atoms with van der Waals surface area (Å²) in [6, 6.07) is 20.5. The quantitative estimate of drug-likeness (QED) is 0.375. The van der Waals surface area contributed by atoms with Crippen LogP contribution in [0, 0.1) is 6.92 Å². The summed E-state index contributed by atoms with van der Waals surface area (Å²) < 4.78 is 7.68. The van der Waals surface area contributed by atoms with Crippen LogP contribution >= 0.6 is 11.9 Å². The molecule has 3 heterocycles. The minimum absolute atomic E-state index is 0.221. The van der Waals surface area contributed by atoms with Crippen molar-refractivity contribution in [1.82, 2.24) is 19.1 Å². The summed E-state index contributed by atoms with van der Waals surface area (Å²) in [6.07, 6.45) is 0. The van der Waals surface area contributed by atoms with E-state index in [9.17, 15) is 9.59 Å². The van der Waals surface area contributed by atoms with Crippen molar-refractivity contribution in [3.05, 3.63) is 94.8 Å². The molecule has 9 heteroatoms. The number of likely N-dealkylation sites (N-methyl/N-ethyl adjacent to an activating group) is 2. The van der Waals surface area contributed by atoms with Crippen LogP contribution in [0.4, 0.5) is 5.82 Å². The highest BCUT2D eigenvalue weighted by atomic mass is 32.2. The number of carbonyl (C=O) groups excluding carboxylic acids is 2. The van der Waals surface area contributed by atoms with Gasteiger partial charge in [-0.3, -0.25) is 9.69 Å². The van der Waals surface area contributed by atoms with Gasteiger partial charge in [0.2, 0.25) is 0 Å². The summed E-state index contributed by atoms with van der Waals surface area (Å²) in [7, 11) is 3.92. The molecule has 0 aliphatic carbocycles. The number of aromatic nitrogens is 1. The molecule has 5 rings (SSSR count). The summed E-state index contributed by atoms with van der Waals surface area (Å²) in [5.41, 5.74) is 3.31. The van der Waals surface area contributed by atoms with Crippen LogP contribution in [0.3, 0.4) is 0 Å². The first-order valence-electron chi connectivity index (χ1n) is 12.6. The van der Waals surface area contributed by atoms with Crippen LogP contribution in [0.1, 0.15) is 27.2 Å². The van der Waals surface area contributed by atoms with Crippen molar-refractivity contribution in [2.75, 3.05) is 45.6 Å². The molecule has 0 spiro atoms. The van der Waals surface area contributed by atoms with Crippen molar-refractivity contribution in [1.29, 1.82) is 0 Å². The molecule has 0 unspecified atom stereocenters. The summed E-state index contributed by atoms with van der Waals surface area (Å²) in [5, 5.41) is 2.84. The highest BCUT2D eigenvalue weighted by Gasteiger charge is 2.32. The molecule has 0 atom stereocenters. The largest absolute Gasteiger partial charge is 0.420 e. The lowest BCUT2D eigenvalue weighted by Gasteiger charge is -2.32. The fourth-order valence-corrected chi connectivity index (χ4v) is 5.45. The Morgan fingerprint density at radius 3 is 2.42 bits per heavy atom. The topological polar surface area (TPSA) is 78.0 Å². The maximum atomic E-state index is 13.4. The van der Waals surface area contributed by atoms with E-state index in [4.69, 9.17) is 4.74 Å². The Morgan fingerprint density at radius 2 is 1.68 bits per heavy atom. The van der Waals surface area contributed by atoms with E-state index in [0.29, 0.717) is 16.9 Å². The molecule has 0 saturated carbocycles. The van der Waals surface area contributed by atoms with Crippen molar-refractivity contribution in [2.45, 2.75) is 18.4 Å². The van der Waals surface area contributed by atoms with Gasteiger partial charge in [-0.2, -0.15) is 0 Å². The molecular formula is C29H31N5O3S. The SMILES string of the molecule is Cc1cccc(NC(=O)C2=C(OC(=O)c3ccc(CN4CCN(C)CC4)cc3)c3ccccc3SN2C)n1. The zero-order valence-corrected chi connectivity index (χ0v) is 22.6. The smallest absolute Gasteiger partial charge is 0.343 e. The average molecular weight is 530 g/mol. The van der Waals surface area contributed by atoms with Crippen molar-refractivity contribution in [3.8, 4) is 0 Å². The van der Waals surface area contributed by atoms with Crippen LogP contribution < -0.4 is 5.32 Å². The average Bonchev–Trinajstić information content (AvgIpc) is 2.90. The number of fused-ring (bicyclic) bond motifs is 1. The van der Waals surface area contributed by atoms with Gasteiger partial charge >= 0.3 is 5.97 Å². The maximum absolute atomic E-state index is 13.4. The summed E-state index contributed by atoms with van der Waals surface area (Å²) in [4.78, 5) is 36.7. The van der Waals surface area contributed by atoms with E-state index in [1.807, 2.05) is 55.5 Å². The molecule has 38 heavy (non-hydrogen) atoms. The standard InChI is InChI=1S/C29H31N5O3S/c1-20-7-6-10-25(30-20)31-28(35)26-27(23-8-4-5-9-24(23)38-33(26)3)37-29(36)22-13-11-21(12-14-22)19-34-17-15-32(2)16-18-34/h4-14H,15-19H2,1-3H3,(H,30,31,35). The van der Waals surface area contributed by atoms with Crippen LogP contribution in [-0.4, -0.2) is 71.2 Å². The number of hydrogen-bond donors (Lipinski definition) is 1. The fourth-order valence-electron chi connectivity index (χ4n) is 4.50. The van der Waals surface area contributed by atoms with Gasteiger partial charge in [-0.25, -0.2) is 9.78 Å². The van der Waals surface area contributed by atoms with E-state index in [-0.39, 0.29) is 11.5 Å². The normalized spacial score (nSPS) is 16.2. The van der Waals surface area contributed by atoms with Crippen LogP contribution in [0.5, 0.6) is 0 Å². The second-order valence-electron chi connectivity index (χ2n) is 9.55. The van der Waals surface area contributed by atoms with Gasteiger partial charge in [0, 0.05) is 55.9 Å². The van der Waals surface area contributed by atoms with E-state index >= 15 is 0 Å². The Hall–Kier alpha value is -3.66. The first kappa shape index (κ1) is 26.0. The molecule has 196 valence electrons. The number of piperazine rings is 1. The number of amides is 1. The first-order chi connectivity index (χ1) is 18.4. The first-order valence-corrected chi connectivity index (χ1v) is 13.4. The van der Waals surface area contributed by atoms with Gasteiger partial charge in [0.15, 0.2) is 11.5 Å². The second kappa shape index (κ2) is 11.4. The predicted molar refractivity (Wildman–Crippen MR) is 149 cm³/mol. The molecule has 1 fully saturated rings. The molecule has 2 aliphatic heterocycles. The Morgan fingerprint density at radius 1 is 0.947 bits per heavy atom. The lowest BCUT2D eigenvalue weighted by molar-refractivity contribution is -0.113. The third-order valence-electron chi connectivity index (χ3n) is 6.63. The molecule has 1 N–H and O–H groups in total. The molecule has 0 radical (unpaired) electrons. The Kier molecular flexibility index (Phi) is 7.78. The van der Waals surface area contributed by atoms with Crippen molar-refractivity contribution >= 4 is 35.4 Å². The number of ether oxygens (including phenoxy) is 1. The minimum Gasteiger partial charge on any atom is -0.420 e. The lowest BCUT2D eigenvalue weighted by Crippen LogP contribution is -2.43. The van der Waals surface area contributed by atoms with Gasteiger partial charge in [0.1, 0.15) is 5.82 Å². The predicted octanol–water partition coefficient (Wildman–Crippen LogP) is 4.25. The number of pyridine rings is 1. The van der Waals surface area contributed by atoms with Gasteiger partial charge < -0.3 is 19.3 Å². The molecule has 2 aromatic carbocycles. The van der Waals surface area contributed by atoms with Gasteiger partial charge in [0.05, 0.1) is 5.56 Å². The van der Waals surface area contributed by atoms with Gasteiger partial charge in [-0.05, 0) is 67.9 Å². The number of hydrogen-bond acceptors (Lipinski definition) is 8. The Bertz CT molecular complexity index is 1370. The Balaban J connectivity index is 1.38. The maximum Gasteiger partial charge on any atom is 0.343 e. The molecule has 0 bridgehead atoms. The van der Waals surface area contributed by atoms with Gasteiger partial charge in [0.25, 0.3) is 5.91 Å².